The van der Waals surface area contributed by atoms with Gasteiger partial charge in [-0.05, 0) is 43.2 Å². The van der Waals surface area contributed by atoms with Gasteiger partial charge < -0.3 is 10.1 Å². The van der Waals surface area contributed by atoms with Gasteiger partial charge in [0.15, 0.2) is 0 Å². The molecule has 1 aromatic carbocycles. The minimum absolute atomic E-state index is 0.662. The standard InChI is InChI=1S/C16H20N2O/c1-13-4-3-5-16(10-13)19-9-8-17-12-15-7-6-14(2)11-18-15/h3-7,10-11,17H,8-9,12H2,1-2H3. The zero-order valence-corrected chi connectivity index (χ0v) is 11.5. The highest BCUT2D eigenvalue weighted by atomic mass is 16.5. The monoisotopic (exact) mass is 256 g/mol. The first-order chi connectivity index (χ1) is 9.24. The van der Waals surface area contributed by atoms with Gasteiger partial charge in [-0.2, -0.15) is 0 Å². The second-order valence-corrected chi connectivity index (χ2v) is 4.67. The third-order valence-electron chi connectivity index (χ3n) is 2.82. The molecule has 1 heterocycles. The molecule has 1 aromatic heterocycles. The number of nitrogens with one attached hydrogen (secondary N) is 1. The third kappa shape index (κ3) is 4.72. The van der Waals surface area contributed by atoms with E-state index in [2.05, 4.69) is 29.4 Å². The molecule has 0 radical (unpaired) electrons. The lowest BCUT2D eigenvalue weighted by Crippen LogP contribution is -2.21. The Balaban J connectivity index is 1.66. The number of hydrogen-bond acceptors (Lipinski definition) is 3. The lowest BCUT2D eigenvalue weighted by atomic mass is 10.2. The van der Waals surface area contributed by atoms with Crippen LogP contribution in [0.3, 0.4) is 0 Å². The SMILES string of the molecule is Cc1ccc(CNCCOc2cccc(C)c2)nc1. The van der Waals surface area contributed by atoms with Gasteiger partial charge in [-0.15, -0.1) is 0 Å². The van der Waals surface area contributed by atoms with Gasteiger partial charge in [-0.3, -0.25) is 4.98 Å². The lowest BCUT2D eigenvalue weighted by Gasteiger charge is -2.08. The van der Waals surface area contributed by atoms with E-state index in [9.17, 15) is 0 Å². The molecule has 19 heavy (non-hydrogen) atoms. The van der Waals surface area contributed by atoms with Crippen molar-refractivity contribution in [2.75, 3.05) is 13.2 Å². The Morgan fingerprint density at radius 3 is 2.74 bits per heavy atom. The Hall–Kier alpha value is -1.87. The van der Waals surface area contributed by atoms with Crippen molar-refractivity contribution in [1.29, 1.82) is 0 Å². The first kappa shape index (κ1) is 13.6. The van der Waals surface area contributed by atoms with Gasteiger partial charge >= 0.3 is 0 Å². The predicted molar refractivity (Wildman–Crippen MR) is 77.4 cm³/mol. The molecule has 100 valence electrons. The minimum atomic E-state index is 0.662. The van der Waals surface area contributed by atoms with Crippen LogP contribution in [0.15, 0.2) is 42.6 Å². The average molecular weight is 256 g/mol. The predicted octanol–water partition coefficient (Wildman–Crippen LogP) is 2.87. The van der Waals surface area contributed by atoms with Crippen molar-refractivity contribution in [2.45, 2.75) is 20.4 Å². The number of rotatable bonds is 6. The summed E-state index contributed by atoms with van der Waals surface area (Å²) in [6, 6.07) is 12.2. The molecule has 3 nitrogen and oxygen atoms in total. The summed E-state index contributed by atoms with van der Waals surface area (Å²) >= 11 is 0. The molecule has 3 heteroatoms. The molecular formula is C16H20N2O. The topological polar surface area (TPSA) is 34.1 Å². The number of pyridine rings is 1. The number of aromatic nitrogens is 1. The van der Waals surface area contributed by atoms with Crippen LogP contribution in [-0.2, 0) is 6.54 Å². The number of hydrogen-bond donors (Lipinski definition) is 1. The molecular weight excluding hydrogens is 236 g/mol. The Labute approximate surface area is 114 Å². The van der Waals surface area contributed by atoms with Gasteiger partial charge in [0.05, 0.1) is 5.69 Å². The Morgan fingerprint density at radius 1 is 1.11 bits per heavy atom. The highest BCUT2D eigenvalue weighted by Crippen LogP contribution is 2.11. The van der Waals surface area contributed by atoms with E-state index in [0.29, 0.717) is 6.61 Å². The maximum absolute atomic E-state index is 5.66. The van der Waals surface area contributed by atoms with Crippen molar-refractivity contribution in [3.05, 3.63) is 59.4 Å². The number of ether oxygens (including phenoxy) is 1. The molecule has 0 amide bonds. The quantitative estimate of drug-likeness (QED) is 0.807. The van der Waals surface area contributed by atoms with Crippen LogP contribution in [-0.4, -0.2) is 18.1 Å². The summed E-state index contributed by atoms with van der Waals surface area (Å²) in [5, 5.41) is 3.32. The Morgan fingerprint density at radius 2 is 2.00 bits per heavy atom. The smallest absolute Gasteiger partial charge is 0.119 e. The number of nitrogens with zero attached hydrogens (tertiary/aromatic N) is 1. The molecule has 0 fully saturated rings. The summed E-state index contributed by atoms with van der Waals surface area (Å²) in [6.07, 6.45) is 1.89. The molecule has 0 aliphatic rings. The molecule has 0 aliphatic heterocycles. The van der Waals surface area contributed by atoms with Gasteiger partial charge in [0, 0.05) is 19.3 Å². The summed E-state index contributed by atoms with van der Waals surface area (Å²) in [6.45, 7) is 6.35. The maximum Gasteiger partial charge on any atom is 0.119 e. The van der Waals surface area contributed by atoms with Crippen LogP contribution < -0.4 is 10.1 Å². The molecule has 2 aromatic rings. The molecule has 1 N–H and O–H groups in total. The van der Waals surface area contributed by atoms with Gasteiger partial charge in [-0.25, -0.2) is 0 Å². The summed E-state index contributed by atoms with van der Waals surface area (Å²) in [4.78, 5) is 4.34. The van der Waals surface area contributed by atoms with Gasteiger partial charge in [-0.1, -0.05) is 18.2 Å². The van der Waals surface area contributed by atoms with E-state index in [1.807, 2.05) is 37.4 Å². The van der Waals surface area contributed by atoms with Crippen molar-refractivity contribution in [1.82, 2.24) is 10.3 Å². The van der Waals surface area contributed by atoms with Crippen LogP contribution >= 0.6 is 0 Å². The molecule has 0 unspecified atom stereocenters. The molecule has 2 rings (SSSR count). The van der Waals surface area contributed by atoms with Gasteiger partial charge in [0.1, 0.15) is 12.4 Å². The Bertz CT molecular complexity index is 508. The lowest BCUT2D eigenvalue weighted by molar-refractivity contribution is 0.313. The molecule has 0 aliphatic carbocycles. The summed E-state index contributed by atoms with van der Waals surface area (Å²) in [5.41, 5.74) is 3.46. The maximum atomic E-state index is 5.66. The molecule has 0 atom stereocenters. The normalized spacial score (nSPS) is 10.4. The van der Waals surface area contributed by atoms with E-state index < -0.39 is 0 Å². The molecule has 0 saturated carbocycles. The number of aryl methyl sites for hydroxylation is 2. The largest absolute Gasteiger partial charge is 0.492 e. The van der Waals surface area contributed by atoms with Gasteiger partial charge in [0.2, 0.25) is 0 Å². The summed E-state index contributed by atoms with van der Waals surface area (Å²) in [7, 11) is 0. The van der Waals surface area contributed by atoms with E-state index in [4.69, 9.17) is 4.74 Å². The first-order valence-corrected chi connectivity index (χ1v) is 6.56. The van der Waals surface area contributed by atoms with Crippen LogP contribution in [0.4, 0.5) is 0 Å². The average Bonchev–Trinajstić information content (AvgIpc) is 2.41. The van der Waals surface area contributed by atoms with Crippen LogP contribution in [0.1, 0.15) is 16.8 Å². The highest BCUT2D eigenvalue weighted by molar-refractivity contribution is 5.27. The van der Waals surface area contributed by atoms with E-state index in [-0.39, 0.29) is 0 Å². The minimum Gasteiger partial charge on any atom is -0.492 e. The second-order valence-electron chi connectivity index (χ2n) is 4.67. The second kappa shape index (κ2) is 6.90. The molecule has 0 bridgehead atoms. The van der Waals surface area contributed by atoms with Crippen LogP contribution in [0, 0.1) is 13.8 Å². The van der Waals surface area contributed by atoms with Crippen LogP contribution in [0.25, 0.3) is 0 Å². The zero-order valence-electron chi connectivity index (χ0n) is 11.5. The van der Waals surface area contributed by atoms with E-state index >= 15 is 0 Å². The van der Waals surface area contributed by atoms with Crippen molar-refractivity contribution in [3.63, 3.8) is 0 Å². The fraction of sp³-hybridized carbons (Fsp3) is 0.312. The summed E-state index contributed by atoms with van der Waals surface area (Å²) in [5.74, 6) is 0.926. The zero-order chi connectivity index (χ0) is 13.5. The van der Waals surface area contributed by atoms with E-state index in [1.54, 1.807) is 0 Å². The van der Waals surface area contributed by atoms with E-state index in [1.165, 1.54) is 11.1 Å². The van der Waals surface area contributed by atoms with Gasteiger partial charge in [0.25, 0.3) is 0 Å². The molecule has 0 spiro atoms. The first-order valence-electron chi connectivity index (χ1n) is 6.56. The number of benzene rings is 1. The fourth-order valence-corrected chi connectivity index (χ4v) is 1.77. The highest BCUT2D eigenvalue weighted by Gasteiger charge is 1.95. The van der Waals surface area contributed by atoms with Crippen molar-refractivity contribution in [2.24, 2.45) is 0 Å². The van der Waals surface area contributed by atoms with Crippen molar-refractivity contribution in [3.8, 4) is 5.75 Å². The van der Waals surface area contributed by atoms with Crippen LogP contribution in [0.5, 0.6) is 5.75 Å². The van der Waals surface area contributed by atoms with Crippen molar-refractivity contribution >= 4 is 0 Å². The third-order valence-corrected chi connectivity index (χ3v) is 2.82. The fourth-order valence-electron chi connectivity index (χ4n) is 1.77. The Kier molecular flexibility index (Phi) is 4.93. The van der Waals surface area contributed by atoms with Crippen molar-refractivity contribution < 1.29 is 4.74 Å². The molecule has 0 saturated heterocycles. The summed E-state index contributed by atoms with van der Waals surface area (Å²) < 4.78 is 5.66. The van der Waals surface area contributed by atoms with Crippen LogP contribution in [0.2, 0.25) is 0 Å². The van der Waals surface area contributed by atoms with E-state index in [0.717, 1.165) is 24.5 Å².